The molecule has 0 radical (unpaired) electrons. The molecule has 1 heterocycles. The smallest absolute Gasteiger partial charge is 0.347 e. The zero-order valence-electron chi connectivity index (χ0n) is 9.23. The second-order valence-corrected chi connectivity index (χ2v) is 6.62. The molecule has 0 atom stereocenters. The molecule has 1 aromatic rings. The number of aryl methyl sites for hydroxylation is 1. The first kappa shape index (κ1) is 11.9. The second kappa shape index (κ2) is 5.19. The summed E-state index contributed by atoms with van der Waals surface area (Å²) in [5, 5.41) is 9.59. The summed E-state index contributed by atoms with van der Waals surface area (Å²) in [6.07, 6.45) is 6.42. The Hall–Kier alpha value is -0.550. The van der Waals surface area contributed by atoms with E-state index >= 15 is 0 Å². The van der Waals surface area contributed by atoms with Crippen LogP contribution in [0.15, 0.2) is 4.34 Å². The van der Waals surface area contributed by atoms with E-state index in [4.69, 9.17) is 5.11 Å². The molecule has 0 aromatic carbocycles. The van der Waals surface area contributed by atoms with Gasteiger partial charge in [-0.25, -0.2) is 9.78 Å². The fraction of sp³-hybridized carbons (Fsp3) is 0.636. The Labute approximate surface area is 103 Å². The van der Waals surface area contributed by atoms with Crippen molar-refractivity contribution in [2.24, 2.45) is 0 Å². The van der Waals surface area contributed by atoms with Crippen LogP contribution in [0.3, 0.4) is 0 Å². The Morgan fingerprint density at radius 1 is 1.44 bits per heavy atom. The topological polar surface area (TPSA) is 50.2 Å². The molecule has 1 fully saturated rings. The van der Waals surface area contributed by atoms with Crippen molar-refractivity contribution in [3.8, 4) is 0 Å². The summed E-state index contributed by atoms with van der Waals surface area (Å²) in [6.45, 7) is 1.77. The van der Waals surface area contributed by atoms with Crippen LogP contribution in [0.2, 0.25) is 0 Å². The molecular formula is C11H15NO2S2. The molecule has 0 spiro atoms. The standard InChI is InChI=1S/C11H15NO2S2/c1-7-9(10(13)14)16-11(12-7)15-8-5-3-2-4-6-8/h8H,2-6H2,1H3,(H,13,14). The number of thioether (sulfide) groups is 1. The third-order valence-electron chi connectivity index (χ3n) is 2.79. The fourth-order valence-corrected chi connectivity index (χ4v) is 4.48. The van der Waals surface area contributed by atoms with Crippen molar-refractivity contribution in [1.29, 1.82) is 0 Å². The molecule has 2 rings (SSSR count). The van der Waals surface area contributed by atoms with E-state index in [1.807, 2.05) is 0 Å². The molecule has 0 amide bonds. The van der Waals surface area contributed by atoms with Gasteiger partial charge in [-0.3, -0.25) is 0 Å². The van der Waals surface area contributed by atoms with Crippen molar-refractivity contribution in [2.45, 2.75) is 48.6 Å². The van der Waals surface area contributed by atoms with Crippen molar-refractivity contribution >= 4 is 29.1 Å². The first-order valence-electron chi connectivity index (χ1n) is 5.54. The molecule has 3 nitrogen and oxygen atoms in total. The third-order valence-corrected chi connectivity index (χ3v) is 5.37. The molecule has 0 aliphatic heterocycles. The molecule has 0 unspecified atom stereocenters. The number of aromatic nitrogens is 1. The van der Waals surface area contributed by atoms with Gasteiger partial charge in [0, 0.05) is 5.25 Å². The second-order valence-electron chi connectivity index (χ2n) is 4.08. The van der Waals surface area contributed by atoms with Gasteiger partial charge in [-0.2, -0.15) is 0 Å². The monoisotopic (exact) mass is 257 g/mol. The molecule has 16 heavy (non-hydrogen) atoms. The van der Waals surface area contributed by atoms with E-state index in [0.717, 1.165) is 4.34 Å². The van der Waals surface area contributed by atoms with Crippen LogP contribution in [0.1, 0.15) is 47.5 Å². The van der Waals surface area contributed by atoms with Gasteiger partial charge in [0.15, 0.2) is 4.34 Å². The van der Waals surface area contributed by atoms with E-state index in [1.165, 1.54) is 43.4 Å². The summed E-state index contributed by atoms with van der Waals surface area (Å²) >= 11 is 3.07. The number of carbonyl (C=O) groups is 1. The number of aromatic carboxylic acids is 1. The Morgan fingerprint density at radius 3 is 2.69 bits per heavy atom. The van der Waals surface area contributed by atoms with Crippen LogP contribution in [0.5, 0.6) is 0 Å². The number of carboxylic acids is 1. The van der Waals surface area contributed by atoms with Crippen molar-refractivity contribution < 1.29 is 9.90 Å². The SMILES string of the molecule is Cc1nc(SC2CCCCC2)sc1C(=O)O. The molecule has 1 aromatic heterocycles. The third kappa shape index (κ3) is 2.77. The lowest BCUT2D eigenvalue weighted by Gasteiger charge is -2.19. The van der Waals surface area contributed by atoms with Gasteiger partial charge >= 0.3 is 5.97 Å². The first-order chi connectivity index (χ1) is 7.66. The predicted molar refractivity (Wildman–Crippen MR) is 66.5 cm³/mol. The van der Waals surface area contributed by atoms with Gasteiger partial charge < -0.3 is 5.11 Å². The lowest BCUT2D eigenvalue weighted by Crippen LogP contribution is -2.07. The molecule has 0 bridgehead atoms. The van der Waals surface area contributed by atoms with E-state index in [-0.39, 0.29) is 0 Å². The van der Waals surface area contributed by atoms with Gasteiger partial charge in [0.1, 0.15) is 4.88 Å². The van der Waals surface area contributed by atoms with Gasteiger partial charge in [0.05, 0.1) is 5.69 Å². The summed E-state index contributed by atoms with van der Waals surface area (Å²) in [5.41, 5.74) is 0.649. The molecule has 5 heteroatoms. The van der Waals surface area contributed by atoms with Crippen LogP contribution in [-0.2, 0) is 0 Å². The highest BCUT2D eigenvalue weighted by atomic mass is 32.2. The maximum absolute atomic E-state index is 10.9. The molecule has 1 saturated carbocycles. The van der Waals surface area contributed by atoms with E-state index in [1.54, 1.807) is 18.7 Å². The summed E-state index contributed by atoms with van der Waals surface area (Å²) in [4.78, 5) is 15.6. The Morgan fingerprint density at radius 2 is 2.12 bits per heavy atom. The van der Waals surface area contributed by atoms with Crippen LogP contribution in [-0.4, -0.2) is 21.3 Å². The van der Waals surface area contributed by atoms with Crippen LogP contribution >= 0.6 is 23.1 Å². The average Bonchev–Trinajstić information content (AvgIpc) is 2.61. The zero-order valence-corrected chi connectivity index (χ0v) is 10.9. The Kier molecular flexibility index (Phi) is 3.86. The lowest BCUT2D eigenvalue weighted by molar-refractivity contribution is 0.0701. The number of rotatable bonds is 3. The quantitative estimate of drug-likeness (QED) is 0.899. The number of hydrogen-bond donors (Lipinski definition) is 1. The maximum Gasteiger partial charge on any atom is 0.347 e. The molecule has 1 N–H and O–H groups in total. The molecule has 0 saturated heterocycles. The highest BCUT2D eigenvalue weighted by Gasteiger charge is 2.19. The molecule has 88 valence electrons. The minimum absolute atomic E-state index is 0.387. The van der Waals surface area contributed by atoms with Crippen molar-refractivity contribution in [3.63, 3.8) is 0 Å². The lowest BCUT2D eigenvalue weighted by atomic mass is 10.0. The van der Waals surface area contributed by atoms with Crippen LogP contribution in [0.25, 0.3) is 0 Å². The van der Waals surface area contributed by atoms with Crippen LogP contribution in [0.4, 0.5) is 0 Å². The summed E-state index contributed by atoms with van der Waals surface area (Å²) < 4.78 is 0.918. The van der Waals surface area contributed by atoms with Crippen LogP contribution in [0, 0.1) is 6.92 Å². The molecule has 1 aliphatic rings. The highest BCUT2D eigenvalue weighted by molar-refractivity contribution is 8.01. The fourth-order valence-electron chi connectivity index (χ4n) is 1.95. The minimum atomic E-state index is -0.856. The van der Waals surface area contributed by atoms with E-state index < -0.39 is 5.97 Å². The van der Waals surface area contributed by atoms with Crippen LogP contribution < -0.4 is 0 Å². The van der Waals surface area contributed by atoms with Gasteiger partial charge in [0.2, 0.25) is 0 Å². The largest absolute Gasteiger partial charge is 0.477 e. The summed E-state index contributed by atoms with van der Waals surface area (Å²) in [7, 11) is 0. The minimum Gasteiger partial charge on any atom is -0.477 e. The average molecular weight is 257 g/mol. The van der Waals surface area contributed by atoms with E-state index in [0.29, 0.717) is 15.8 Å². The van der Waals surface area contributed by atoms with Gasteiger partial charge in [-0.05, 0) is 19.8 Å². The number of nitrogens with zero attached hydrogens (tertiary/aromatic N) is 1. The van der Waals surface area contributed by atoms with Gasteiger partial charge in [0.25, 0.3) is 0 Å². The normalized spacial score (nSPS) is 17.6. The van der Waals surface area contributed by atoms with Crippen molar-refractivity contribution in [3.05, 3.63) is 10.6 Å². The summed E-state index contributed by atoms with van der Waals surface area (Å²) in [5.74, 6) is -0.856. The maximum atomic E-state index is 10.9. The van der Waals surface area contributed by atoms with Crippen molar-refractivity contribution in [2.75, 3.05) is 0 Å². The van der Waals surface area contributed by atoms with E-state index in [9.17, 15) is 4.79 Å². The highest BCUT2D eigenvalue weighted by Crippen LogP contribution is 2.36. The van der Waals surface area contributed by atoms with Gasteiger partial charge in [-0.1, -0.05) is 31.0 Å². The Balaban J connectivity index is 2.03. The number of thiazole rings is 1. The molecule has 1 aliphatic carbocycles. The van der Waals surface area contributed by atoms with Crippen molar-refractivity contribution in [1.82, 2.24) is 4.98 Å². The van der Waals surface area contributed by atoms with Gasteiger partial charge in [-0.15, -0.1) is 11.3 Å². The number of carboxylic acid groups (broad SMARTS) is 1. The molecular weight excluding hydrogens is 242 g/mol. The number of hydrogen-bond acceptors (Lipinski definition) is 4. The first-order valence-corrected chi connectivity index (χ1v) is 7.24. The Bertz CT molecular complexity index is 383. The predicted octanol–water partition coefficient (Wildman–Crippen LogP) is 3.57. The summed E-state index contributed by atoms with van der Waals surface area (Å²) in [6, 6.07) is 0. The zero-order chi connectivity index (χ0) is 11.5. The van der Waals surface area contributed by atoms with E-state index in [2.05, 4.69) is 4.98 Å².